The predicted molar refractivity (Wildman–Crippen MR) is 56.5 cm³/mol. The number of hydrogen-bond acceptors (Lipinski definition) is 4. The van der Waals surface area contributed by atoms with E-state index in [0.717, 1.165) is 45.2 Å². The average molecular weight is 213 g/mol. The van der Waals surface area contributed by atoms with E-state index in [9.17, 15) is 9.59 Å². The van der Waals surface area contributed by atoms with Crippen molar-refractivity contribution in [3.63, 3.8) is 0 Å². The Hall–Kier alpha value is -0.900. The Bertz CT molecular complexity index is 210. The van der Waals surface area contributed by atoms with Gasteiger partial charge in [0.25, 0.3) is 0 Å². The monoisotopic (exact) mass is 213 g/mol. The third-order valence-electron chi connectivity index (χ3n) is 2.75. The predicted octanol–water partition coefficient (Wildman–Crippen LogP) is 0.851. The van der Waals surface area contributed by atoms with Gasteiger partial charge >= 0.3 is 5.97 Å². The molecule has 0 N–H and O–H groups in total. The lowest BCUT2D eigenvalue weighted by molar-refractivity contribution is -0.141. The second kappa shape index (κ2) is 6.56. The highest BCUT2D eigenvalue weighted by molar-refractivity contribution is 5.65. The largest absolute Gasteiger partial charge is 0.466 e. The van der Waals surface area contributed by atoms with E-state index in [1.54, 1.807) is 0 Å². The Morgan fingerprint density at radius 2 is 2.13 bits per heavy atom. The standard InChI is InChI=1S/C11H19NO3/c1-10(14)15-8-2-5-12-6-3-11(9-13)4-7-12/h9,11H,2-8H2,1H3. The molecule has 0 aromatic rings. The van der Waals surface area contributed by atoms with Crippen LogP contribution < -0.4 is 0 Å². The quantitative estimate of drug-likeness (QED) is 0.386. The van der Waals surface area contributed by atoms with Crippen molar-refractivity contribution in [2.45, 2.75) is 26.2 Å². The van der Waals surface area contributed by atoms with Crippen molar-refractivity contribution in [2.24, 2.45) is 5.92 Å². The molecular weight excluding hydrogens is 194 g/mol. The third kappa shape index (κ3) is 4.93. The van der Waals surface area contributed by atoms with Crippen LogP contribution in [0.25, 0.3) is 0 Å². The van der Waals surface area contributed by atoms with Gasteiger partial charge in [-0.1, -0.05) is 0 Å². The first-order valence-corrected chi connectivity index (χ1v) is 5.53. The Morgan fingerprint density at radius 3 is 2.67 bits per heavy atom. The molecule has 0 unspecified atom stereocenters. The molecule has 0 aromatic carbocycles. The lowest BCUT2D eigenvalue weighted by atomic mass is 9.98. The van der Waals surface area contributed by atoms with Crippen molar-refractivity contribution < 1.29 is 14.3 Å². The molecule has 0 bridgehead atoms. The van der Waals surface area contributed by atoms with E-state index in [0.29, 0.717) is 6.61 Å². The smallest absolute Gasteiger partial charge is 0.302 e. The van der Waals surface area contributed by atoms with Crippen LogP contribution in [0, 0.1) is 5.92 Å². The SMILES string of the molecule is CC(=O)OCCCN1CCC(C=O)CC1. The minimum absolute atomic E-state index is 0.213. The summed E-state index contributed by atoms with van der Waals surface area (Å²) in [6, 6.07) is 0. The molecule has 4 heteroatoms. The molecule has 1 fully saturated rings. The van der Waals surface area contributed by atoms with Crippen LogP contribution in [0.15, 0.2) is 0 Å². The summed E-state index contributed by atoms with van der Waals surface area (Å²) in [6.45, 7) is 4.87. The van der Waals surface area contributed by atoms with E-state index in [4.69, 9.17) is 4.74 Å². The number of piperidine rings is 1. The Morgan fingerprint density at radius 1 is 1.47 bits per heavy atom. The average Bonchev–Trinajstić information content (AvgIpc) is 2.25. The van der Waals surface area contributed by atoms with Crippen LogP contribution in [-0.4, -0.2) is 43.4 Å². The van der Waals surface area contributed by atoms with Crippen LogP contribution in [0.5, 0.6) is 0 Å². The zero-order valence-electron chi connectivity index (χ0n) is 9.28. The van der Waals surface area contributed by atoms with Gasteiger partial charge in [-0.3, -0.25) is 4.79 Å². The number of esters is 1. The second-order valence-electron chi connectivity index (χ2n) is 4.01. The highest BCUT2D eigenvalue weighted by Gasteiger charge is 2.17. The molecule has 15 heavy (non-hydrogen) atoms. The van der Waals surface area contributed by atoms with E-state index >= 15 is 0 Å². The third-order valence-corrected chi connectivity index (χ3v) is 2.75. The van der Waals surface area contributed by atoms with E-state index in [2.05, 4.69) is 4.90 Å². The maximum atomic E-state index is 10.5. The number of carbonyl (C=O) groups is 2. The zero-order valence-corrected chi connectivity index (χ0v) is 9.28. The molecule has 1 saturated heterocycles. The fourth-order valence-electron chi connectivity index (χ4n) is 1.82. The van der Waals surface area contributed by atoms with Gasteiger partial charge < -0.3 is 14.4 Å². The first-order chi connectivity index (χ1) is 7.22. The number of rotatable bonds is 5. The number of ether oxygens (including phenoxy) is 1. The van der Waals surface area contributed by atoms with Gasteiger partial charge in [0.2, 0.25) is 0 Å². The van der Waals surface area contributed by atoms with Crippen molar-refractivity contribution in [3.8, 4) is 0 Å². The molecule has 1 heterocycles. The van der Waals surface area contributed by atoms with Gasteiger partial charge in [-0.2, -0.15) is 0 Å². The Balaban J connectivity index is 2.03. The van der Waals surface area contributed by atoms with Crippen molar-refractivity contribution >= 4 is 12.3 Å². The van der Waals surface area contributed by atoms with Gasteiger partial charge in [-0.05, 0) is 32.4 Å². The topological polar surface area (TPSA) is 46.6 Å². The van der Waals surface area contributed by atoms with E-state index < -0.39 is 0 Å². The molecule has 0 atom stereocenters. The summed E-state index contributed by atoms with van der Waals surface area (Å²) in [5.41, 5.74) is 0. The van der Waals surface area contributed by atoms with Crippen molar-refractivity contribution in [1.82, 2.24) is 4.90 Å². The Kier molecular flexibility index (Phi) is 5.32. The van der Waals surface area contributed by atoms with Crippen LogP contribution >= 0.6 is 0 Å². The van der Waals surface area contributed by atoms with E-state index in [1.165, 1.54) is 6.92 Å². The number of nitrogens with zero attached hydrogens (tertiary/aromatic N) is 1. The number of aldehydes is 1. The molecule has 0 aromatic heterocycles. The maximum Gasteiger partial charge on any atom is 0.302 e. The summed E-state index contributed by atoms with van der Waals surface area (Å²) in [4.78, 5) is 23.4. The molecule has 0 spiro atoms. The van der Waals surface area contributed by atoms with Gasteiger partial charge in [-0.15, -0.1) is 0 Å². The molecule has 0 saturated carbocycles. The fourth-order valence-corrected chi connectivity index (χ4v) is 1.82. The molecular formula is C11H19NO3. The molecule has 1 rings (SSSR count). The summed E-state index contributed by atoms with van der Waals surface area (Å²) in [5.74, 6) is 0.0457. The molecule has 4 nitrogen and oxygen atoms in total. The van der Waals surface area contributed by atoms with Gasteiger partial charge in [-0.25, -0.2) is 0 Å². The summed E-state index contributed by atoms with van der Waals surface area (Å²) >= 11 is 0. The van der Waals surface area contributed by atoms with Crippen LogP contribution in [0.2, 0.25) is 0 Å². The summed E-state index contributed by atoms with van der Waals surface area (Å²) in [5, 5.41) is 0. The molecule has 1 aliphatic heterocycles. The maximum absolute atomic E-state index is 10.5. The zero-order chi connectivity index (χ0) is 11.1. The molecule has 0 radical (unpaired) electrons. The minimum Gasteiger partial charge on any atom is -0.466 e. The minimum atomic E-state index is -0.213. The molecule has 1 aliphatic rings. The van der Waals surface area contributed by atoms with Crippen molar-refractivity contribution in [1.29, 1.82) is 0 Å². The number of carbonyl (C=O) groups excluding carboxylic acids is 2. The normalized spacial score (nSPS) is 18.7. The number of hydrogen-bond donors (Lipinski definition) is 0. The van der Waals surface area contributed by atoms with Crippen molar-refractivity contribution in [2.75, 3.05) is 26.2 Å². The van der Waals surface area contributed by atoms with Crippen molar-refractivity contribution in [3.05, 3.63) is 0 Å². The van der Waals surface area contributed by atoms with E-state index in [1.807, 2.05) is 0 Å². The van der Waals surface area contributed by atoms with Gasteiger partial charge in [0.05, 0.1) is 6.61 Å². The highest BCUT2D eigenvalue weighted by Crippen LogP contribution is 2.14. The van der Waals surface area contributed by atoms with Crippen LogP contribution in [0.1, 0.15) is 26.2 Å². The lowest BCUT2D eigenvalue weighted by Crippen LogP contribution is -2.35. The second-order valence-corrected chi connectivity index (χ2v) is 4.01. The van der Waals surface area contributed by atoms with E-state index in [-0.39, 0.29) is 11.9 Å². The van der Waals surface area contributed by atoms with Crippen LogP contribution in [-0.2, 0) is 14.3 Å². The summed E-state index contributed by atoms with van der Waals surface area (Å²) < 4.78 is 4.85. The molecule has 0 aliphatic carbocycles. The number of likely N-dealkylation sites (tertiary alicyclic amines) is 1. The first-order valence-electron chi connectivity index (χ1n) is 5.53. The summed E-state index contributed by atoms with van der Waals surface area (Å²) in [6.07, 6.45) is 3.88. The van der Waals surface area contributed by atoms with Gasteiger partial charge in [0.15, 0.2) is 0 Å². The van der Waals surface area contributed by atoms with Gasteiger partial charge in [0.1, 0.15) is 6.29 Å². The first kappa shape index (κ1) is 12.2. The lowest BCUT2D eigenvalue weighted by Gasteiger charge is -2.29. The van der Waals surface area contributed by atoms with Gasteiger partial charge in [0, 0.05) is 19.4 Å². The molecule has 86 valence electrons. The van der Waals surface area contributed by atoms with Crippen LogP contribution in [0.3, 0.4) is 0 Å². The molecule has 0 amide bonds. The highest BCUT2D eigenvalue weighted by atomic mass is 16.5. The van der Waals surface area contributed by atoms with Crippen LogP contribution in [0.4, 0.5) is 0 Å². The fraction of sp³-hybridized carbons (Fsp3) is 0.818. The summed E-state index contributed by atoms with van der Waals surface area (Å²) in [7, 11) is 0. The Labute approximate surface area is 90.6 Å².